The molecule has 0 bridgehead atoms. The standard InChI is InChI=1S/C22H32BF4NO5S/c1-9-31-17(29)12-16(28-34(30)19(2,3)4)14-10-13(11-15(18(14)24)22(25,26)27)23-32-20(5,6)21(7,8)33-23/h10-11,16,28H,9,12H2,1-8H3/t16-,34+/m0/s1. The molecule has 1 saturated heterocycles. The second-order valence-electron chi connectivity index (χ2n) is 10.1. The molecular weight excluding hydrogens is 477 g/mol. The summed E-state index contributed by atoms with van der Waals surface area (Å²) in [6, 6.07) is 0.439. The number of alkyl halides is 3. The van der Waals surface area contributed by atoms with Gasteiger partial charge in [0.2, 0.25) is 0 Å². The Balaban J connectivity index is 2.65. The van der Waals surface area contributed by atoms with Gasteiger partial charge in [-0.1, -0.05) is 6.07 Å². The van der Waals surface area contributed by atoms with Crippen LogP contribution < -0.4 is 10.2 Å². The predicted octanol–water partition coefficient (Wildman–Crippen LogP) is 4.19. The second kappa shape index (κ2) is 9.87. The minimum absolute atomic E-state index is 0.0259. The Bertz CT molecular complexity index is 930. The van der Waals surface area contributed by atoms with Gasteiger partial charge >= 0.3 is 19.3 Å². The number of hydrogen-bond acceptors (Lipinski definition) is 5. The van der Waals surface area contributed by atoms with E-state index in [1.54, 1.807) is 55.4 Å². The fourth-order valence-corrected chi connectivity index (χ4v) is 3.98. The van der Waals surface area contributed by atoms with Crippen molar-refractivity contribution in [2.75, 3.05) is 6.61 Å². The van der Waals surface area contributed by atoms with E-state index in [9.17, 15) is 22.2 Å². The van der Waals surface area contributed by atoms with Crippen LogP contribution in [-0.2, 0) is 36.0 Å². The molecule has 0 amide bonds. The molecule has 0 aliphatic carbocycles. The van der Waals surface area contributed by atoms with Crippen LogP contribution >= 0.6 is 0 Å². The number of ether oxygens (including phenoxy) is 1. The summed E-state index contributed by atoms with van der Waals surface area (Å²) in [4.78, 5) is 12.2. The van der Waals surface area contributed by atoms with Gasteiger partial charge in [0.1, 0.15) is 5.82 Å². The summed E-state index contributed by atoms with van der Waals surface area (Å²) >= 11 is 0. The van der Waals surface area contributed by atoms with E-state index in [1.807, 2.05) is 0 Å². The van der Waals surface area contributed by atoms with E-state index in [4.69, 9.17) is 14.0 Å². The number of hydrogen-bond donors (Lipinski definition) is 1. The number of esters is 1. The second-order valence-corrected chi connectivity index (χ2v) is 12.1. The summed E-state index contributed by atoms with van der Waals surface area (Å²) in [5, 5.41) is 0. The Morgan fingerprint density at radius 2 is 1.68 bits per heavy atom. The minimum atomic E-state index is -5.03. The molecule has 192 valence electrons. The van der Waals surface area contributed by atoms with E-state index in [0.29, 0.717) is 6.07 Å². The van der Waals surface area contributed by atoms with Crippen molar-refractivity contribution in [2.24, 2.45) is 0 Å². The molecule has 6 nitrogen and oxygen atoms in total. The molecule has 34 heavy (non-hydrogen) atoms. The van der Waals surface area contributed by atoms with E-state index in [2.05, 4.69) is 4.72 Å². The Hall–Kier alpha value is -1.50. The Morgan fingerprint density at radius 1 is 1.15 bits per heavy atom. The van der Waals surface area contributed by atoms with Crippen molar-refractivity contribution in [1.29, 1.82) is 0 Å². The highest BCUT2D eigenvalue weighted by atomic mass is 32.2. The van der Waals surface area contributed by atoms with E-state index in [0.717, 1.165) is 6.07 Å². The van der Waals surface area contributed by atoms with Crippen LogP contribution in [0, 0.1) is 5.82 Å². The van der Waals surface area contributed by atoms with Crippen molar-refractivity contribution in [3.05, 3.63) is 29.1 Å². The first kappa shape index (κ1) is 28.7. The van der Waals surface area contributed by atoms with E-state index >= 15 is 4.39 Å². The number of carbonyl (C=O) groups excluding carboxylic acids is 1. The quantitative estimate of drug-likeness (QED) is 0.339. The largest absolute Gasteiger partial charge is 0.494 e. The van der Waals surface area contributed by atoms with Crippen molar-refractivity contribution in [3.63, 3.8) is 0 Å². The molecule has 0 saturated carbocycles. The highest BCUT2D eigenvalue weighted by Crippen LogP contribution is 2.39. The van der Waals surface area contributed by atoms with E-state index in [1.165, 1.54) is 0 Å². The molecule has 1 N–H and O–H groups in total. The molecule has 1 heterocycles. The molecule has 1 fully saturated rings. The van der Waals surface area contributed by atoms with Gasteiger partial charge in [0.25, 0.3) is 0 Å². The van der Waals surface area contributed by atoms with Crippen molar-refractivity contribution >= 4 is 29.5 Å². The Labute approximate surface area is 200 Å². The van der Waals surface area contributed by atoms with Gasteiger partial charge in [-0.25, -0.2) is 13.3 Å². The molecule has 0 radical (unpaired) electrons. The molecule has 2 rings (SSSR count). The maximum atomic E-state index is 15.3. The lowest BCUT2D eigenvalue weighted by Crippen LogP contribution is -2.41. The van der Waals surface area contributed by atoms with Crippen LogP contribution in [0.4, 0.5) is 17.6 Å². The molecule has 1 aliphatic rings. The van der Waals surface area contributed by atoms with Gasteiger partial charge in [-0.3, -0.25) is 4.79 Å². The topological polar surface area (TPSA) is 73.9 Å². The van der Waals surface area contributed by atoms with Crippen LogP contribution in [0.25, 0.3) is 0 Å². The van der Waals surface area contributed by atoms with Gasteiger partial charge in [-0.15, -0.1) is 0 Å². The van der Waals surface area contributed by atoms with Crippen molar-refractivity contribution in [2.45, 2.75) is 90.0 Å². The maximum Gasteiger partial charge on any atom is 0.494 e. The van der Waals surface area contributed by atoms with E-state index in [-0.39, 0.29) is 12.1 Å². The van der Waals surface area contributed by atoms with Gasteiger partial charge < -0.3 is 14.0 Å². The molecule has 1 aromatic rings. The Kier molecular flexibility index (Phi) is 8.34. The maximum absolute atomic E-state index is 15.3. The van der Waals surface area contributed by atoms with Crippen LogP contribution in [0.5, 0.6) is 0 Å². The summed E-state index contributed by atoms with van der Waals surface area (Å²) in [5.74, 6) is -2.35. The van der Waals surface area contributed by atoms with Gasteiger partial charge in [-0.05, 0) is 66.9 Å². The lowest BCUT2D eigenvalue weighted by Gasteiger charge is -2.32. The third-order valence-electron chi connectivity index (χ3n) is 5.81. The zero-order chi connectivity index (χ0) is 26.3. The number of benzene rings is 1. The van der Waals surface area contributed by atoms with Crippen LogP contribution in [0.2, 0.25) is 0 Å². The fraction of sp³-hybridized carbons (Fsp3) is 0.682. The average Bonchev–Trinajstić information content (AvgIpc) is 2.87. The highest BCUT2D eigenvalue weighted by Gasteiger charge is 2.52. The van der Waals surface area contributed by atoms with Crippen LogP contribution in [0.3, 0.4) is 0 Å². The summed E-state index contributed by atoms with van der Waals surface area (Å²) in [6.07, 6.45) is -5.56. The highest BCUT2D eigenvalue weighted by molar-refractivity contribution is 7.84. The smallest absolute Gasteiger partial charge is 0.466 e. The van der Waals surface area contributed by atoms with Crippen molar-refractivity contribution in [1.82, 2.24) is 4.72 Å². The zero-order valence-corrected chi connectivity index (χ0v) is 21.5. The summed E-state index contributed by atoms with van der Waals surface area (Å²) in [7, 11) is -3.03. The molecule has 0 unspecified atom stereocenters. The van der Waals surface area contributed by atoms with Crippen LogP contribution in [-0.4, -0.2) is 39.9 Å². The monoisotopic (exact) mass is 509 g/mol. The molecule has 1 aliphatic heterocycles. The first-order chi connectivity index (χ1) is 15.3. The normalized spacial score (nSPS) is 19.7. The SMILES string of the molecule is CCOC(=O)C[C@H](N[S@](=O)C(C)(C)C)c1cc(B2OC(C)(C)C(C)(C)O2)cc(C(F)(F)F)c1F. The summed E-state index contributed by atoms with van der Waals surface area (Å²) < 4.78 is 87.9. The van der Waals surface area contributed by atoms with Gasteiger partial charge in [0, 0.05) is 5.56 Å². The zero-order valence-electron chi connectivity index (χ0n) is 20.7. The Morgan fingerprint density at radius 3 is 2.12 bits per heavy atom. The average molecular weight is 509 g/mol. The van der Waals surface area contributed by atoms with Crippen molar-refractivity contribution in [3.8, 4) is 0 Å². The molecule has 1 aromatic carbocycles. The van der Waals surface area contributed by atoms with Gasteiger partial charge in [0.15, 0.2) is 0 Å². The summed E-state index contributed by atoms with van der Waals surface area (Å²) in [5.41, 5.74) is -3.78. The number of carbonyl (C=O) groups is 1. The molecule has 12 heteroatoms. The number of rotatable bonds is 7. The van der Waals surface area contributed by atoms with E-state index < -0.39 is 75.6 Å². The van der Waals surface area contributed by atoms with Crippen molar-refractivity contribution < 1.29 is 40.6 Å². The molecule has 0 aromatic heterocycles. The third-order valence-corrected chi connectivity index (χ3v) is 7.42. The molecule has 0 spiro atoms. The fourth-order valence-electron chi connectivity index (χ4n) is 3.15. The number of nitrogens with one attached hydrogen (secondary N) is 1. The predicted molar refractivity (Wildman–Crippen MR) is 122 cm³/mol. The first-order valence-electron chi connectivity index (χ1n) is 10.9. The van der Waals surface area contributed by atoms with Gasteiger partial charge in [-0.2, -0.15) is 13.2 Å². The summed E-state index contributed by atoms with van der Waals surface area (Å²) in [6.45, 7) is 13.4. The van der Waals surface area contributed by atoms with Crippen LogP contribution in [0.1, 0.15) is 79.0 Å². The lowest BCUT2D eigenvalue weighted by atomic mass is 9.76. The molecule has 2 atom stereocenters. The third kappa shape index (κ3) is 6.38. The first-order valence-corrected chi connectivity index (χ1v) is 12.0. The lowest BCUT2D eigenvalue weighted by molar-refractivity contribution is -0.143. The molecular formula is C22H32BF4NO5S. The van der Waals surface area contributed by atoms with Crippen LogP contribution in [0.15, 0.2) is 12.1 Å². The van der Waals surface area contributed by atoms with Gasteiger partial charge in [0.05, 0.1) is 51.6 Å². The minimum Gasteiger partial charge on any atom is -0.466 e. The number of halogens is 4.